The van der Waals surface area contributed by atoms with Gasteiger partial charge in [0.2, 0.25) is 0 Å². The van der Waals surface area contributed by atoms with Crippen molar-refractivity contribution in [1.29, 1.82) is 0 Å². The summed E-state index contributed by atoms with van der Waals surface area (Å²) in [6.07, 6.45) is 0. The summed E-state index contributed by atoms with van der Waals surface area (Å²) in [6.45, 7) is 8.51. The molecule has 0 rings (SSSR count). The minimum absolute atomic E-state index is 0.00644. The number of hydrogen-bond donors (Lipinski definition) is 0. The normalized spacial score (nSPS) is 9.25. The third-order valence-electron chi connectivity index (χ3n) is 1.49. The van der Waals surface area contributed by atoms with E-state index in [9.17, 15) is 4.79 Å². The van der Waals surface area contributed by atoms with Gasteiger partial charge in [-0.1, -0.05) is 0 Å². The van der Waals surface area contributed by atoms with Gasteiger partial charge < -0.3 is 18.9 Å². The van der Waals surface area contributed by atoms with Gasteiger partial charge in [0.15, 0.2) is 0 Å². The van der Waals surface area contributed by atoms with E-state index in [2.05, 4.69) is 0 Å². The molecule has 0 bridgehead atoms. The number of carbonyl (C=O) groups is 1. The first-order chi connectivity index (χ1) is 7.71. The number of esters is 1. The third kappa shape index (κ3) is 4.91. The summed E-state index contributed by atoms with van der Waals surface area (Å²) in [4.78, 5) is 11.6. The maximum absolute atomic E-state index is 11.6. The van der Waals surface area contributed by atoms with Crippen molar-refractivity contribution in [2.45, 2.75) is 27.7 Å². The van der Waals surface area contributed by atoms with Crippen molar-refractivity contribution in [3.05, 3.63) is 11.7 Å². The lowest BCUT2D eigenvalue weighted by Gasteiger charge is -2.14. The average molecular weight is 232 g/mol. The summed E-state index contributed by atoms with van der Waals surface area (Å²) < 4.78 is 20.4. The standard InChI is InChI=1S/C11H20O5/c1-5-13-9(10(12)14-6-2)11(15-7-3)16-8-4/h5-8H2,1-4H3. The van der Waals surface area contributed by atoms with Crippen LogP contribution in [-0.2, 0) is 23.7 Å². The molecule has 0 fully saturated rings. The number of carbonyl (C=O) groups excluding carboxylic acids is 1. The minimum atomic E-state index is -0.568. The van der Waals surface area contributed by atoms with Gasteiger partial charge in [0.05, 0.1) is 26.4 Å². The van der Waals surface area contributed by atoms with Gasteiger partial charge in [-0.3, -0.25) is 0 Å². The Morgan fingerprint density at radius 3 is 1.56 bits per heavy atom. The molecule has 16 heavy (non-hydrogen) atoms. The zero-order chi connectivity index (χ0) is 12.4. The highest BCUT2D eigenvalue weighted by atomic mass is 16.7. The van der Waals surface area contributed by atoms with Crippen LogP contribution in [0.4, 0.5) is 0 Å². The molecule has 0 saturated carbocycles. The van der Waals surface area contributed by atoms with Crippen molar-refractivity contribution in [3.63, 3.8) is 0 Å². The van der Waals surface area contributed by atoms with Gasteiger partial charge in [-0.05, 0) is 27.7 Å². The van der Waals surface area contributed by atoms with E-state index in [0.29, 0.717) is 19.8 Å². The molecule has 0 N–H and O–H groups in total. The fourth-order valence-electron chi connectivity index (χ4n) is 0.977. The Hall–Kier alpha value is -1.39. The Morgan fingerprint density at radius 1 is 0.750 bits per heavy atom. The largest absolute Gasteiger partial charge is 0.482 e. The van der Waals surface area contributed by atoms with E-state index in [1.165, 1.54) is 0 Å². The summed E-state index contributed by atoms with van der Waals surface area (Å²) in [6, 6.07) is 0. The number of ether oxygens (including phenoxy) is 4. The molecule has 0 aromatic rings. The maximum Gasteiger partial charge on any atom is 0.381 e. The SMILES string of the molecule is CCOC(=O)C(OCC)=C(OCC)OCC. The third-order valence-corrected chi connectivity index (χ3v) is 1.49. The van der Waals surface area contributed by atoms with E-state index >= 15 is 0 Å². The van der Waals surface area contributed by atoms with Crippen LogP contribution in [0.2, 0.25) is 0 Å². The molecule has 0 aliphatic carbocycles. The van der Waals surface area contributed by atoms with Crippen molar-refractivity contribution >= 4 is 5.97 Å². The molecule has 0 aliphatic heterocycles. The van der Waals surface area contributed by atoms with Crippen molar-refractivity contribution in [3.8, 4) is 0 Å². The summed E-state index contributed by atoms with van der Waals surface area (Å²) in [5, 5.41) is 0. The van der Waals surface area contributed by atoms with Gasteiger partial charge in [-0.2, -0.15) is 0 Å². The summed E-state index contributed by atoms with van der Waals surface area (Å²) in [7, 11) is 0. The van der Waals surface area contributed by atoms with E-state index in [1.807, 2.05) is 0 Å². The Balaban J connectivity index is 4.87. The zero-order valence-electron chi connectivity index (χ0n) is 10.4. The van der Waals surface area contributed by atoms with Gasteiger partial charge >= 0.3 is 11.9 Å². The molecule has 0 aliphatic rings. The zero-order valence-corrected chi connectivity index (χ0v) is 10.4. The van der Waals surface area contributed by atoms with Crippen molar-refractivity contribution in [1.82, 2.24) is 0 Å². The topological polar surface area (TPSA) is 54.0 Å². The smallest absolute Gasteiger partial charge is 0.381 e. The average Bonchev–Trinajstić information content (AvgIpc) is 2.26. The van der Waals surface area contributed by atoms with Gasteiger partial charge in [0.1, 0.15) is 0 Å². The van der Waals surface area contributed by atoms with E-state index in [4.69, 9.17) is 18.9 Å². The second kappa shape index (κ2) is 8.88. The van der Waals surface area contributed by atoms with Crippen LogP contribution in [-0.4, -0.2) is 32.4 Å². The Labute approximate surface area is 96.3 Å². The van der Waals surface area contributed by atoms with E-state index in [0.717, 1.165) is 0 Å². The first-order valence-corrected chi connectivity index (χ1v) is 5.50. The van der Waals surface area contributed by atoms with Crippen LogP contribution < -0.4 is 0 Å². The Bertz CT molecular complexity index is 227. The first kappa shape index (κ1) is 14.6. The van der Waals surface area contributed by atoms with Crippen LogP contribution >= 0.6 is 0 Å². The van der Waals surface area contributed by atoms with Crippen LogP contribution in [0.15, 0.2) is 11.7 Å². The molecule has 0 unspecified atom stereocenters. The predicted molar refractivity (Wildman–Crippen MR) is 58.5 cm³/mol. The summed E-state index contributed by atoms with van der Waals surface area (Å²) >= 11 is 0. The lowest BCUT2D eigenvalue weighted by molar-refractivity contribution is -0.144. The molecule has 5 heteroatoms. The van der Waals surface area contributed by atoms with Crippen LogP contribution in [0.5, 0.6) is 0 Å². The molecular formula is C11H20O5. The van der Waals surface area contributed by atoms with Crippen molar-refractivity contribution in [2.24, 2.45) is 0 Å². The second-order valence-electron chi connectivity index (χ2n) is 2.64. The predicted octanol–water partition coefficient (Wildman–Crippen LogP) is 1.83. The Morgan fingerprint density at radius 2 is 1.19 bits per heavy atom. The highest BCUT2D eigenvalue weighted by Crippen LogP contribution is 2.12. The minimum Gasteiger partial charge on any atom is -0.482 e. The molecule has 5 nitrogen and oxygen atoms in total. The highest BCUT2D eigenvalue weighted by Gasteiger charge is 2.21. The highest BCUT2D eigenvalue weighted by molar-refractivity contribution is 5.86. The summed E-state index contributed by atoms with van der Waals surface area (Å²) in [5.41, 5.74) is 0. The molecule has 0 amide bonds. The summed E-state index contributed by atoms with van der Waals surface area (Å²) in [5.74, 6) is -0.486. The quantitative estimate of drug-likeness (QED) is 0.363. The number of rotatable bonds is 8. The molecule has 0 radical (unpaired) electrons. The van der Waals surface area contributed by atoms with Gasteiger partial charge in [-0.15, -0.1) is 0 Å². The second-order valence-corrected chi connectivity index (χ2v) is 2.64. The van der Waals surface area contributed by atoms with E-state index in [1.54, 1.807) is 27.7 Å². The van der Waals surface area contributed by atoms with Crippen molar-refractivity contribution < 1.29 is 23.7 Å². The van der Waals surface area contributed by atoms with Crippen LogP contribution in [0.1, 0.15) is 27.7 Å². The van der Waals surface area contributed by atoms with Gasteiger partial charge in [-0.25, -0.2) is 4.79 Å². The van der Waals surface area contributed by atoms with Gasteiger partial charge in [0, 0.05) is 0 Å². The fourth-order valence-corrected chi connectivity index (χ4v) is 0.977. The fraction of sp³-hybridized carbons (Fsp3) is 0.727. The van der Waals surface area contributed by atoms with Crippen LogP contribution in [0.25, 0.3) is 0 Å². The Kier molecular flexibility index (Phi) is 8.11. The molecular weight excluding hydrogens is 212 g/mol. The molecule has 0 spiro atoms. The van der Waals surface area contributed by atoms with Gasteiger partial charge in [0.25, 0.3) is 5.76 Å². The van der Waals surface area contributed by atoms with Crippen LogP contribution in [0.3, 0.4) is 0 Å². The lowest BCUT2D eigenvalue weighted by Crippen LogP contribution is -2.16. The van der Waals surface area contributed by atoms with E-state index < -0.39 is 5.97 Å². The molecule has 0 aromatic heterocycles. The van der Waals surface area contributed by atoms with Crippen LogP contribution in [0, 0.1) is 0 Å². The molecule has 0 heterocycles. The maximum atomic E-state index is 11.6. The van der Waals surface area contributed by atoms with E-state index in [-0.39, 0.29) is 18.3 Å². The lowest BCUT2D eigenvalue weighted by atomic mass is 10.5. The molecule has 0 saturated heterocycles. The molecule has 0 aromatic carbocycles. The molecule has 94 valence electrons. The molecule has 0 atom stereocenters. The number of hydrogen-bond acceptors (Lipinski definition) is 5. The monoisotopic (exact) mass is 232 g/mol. The first-order valence-electron chi connectivity index (χ1n) is 5.50. The van der Waals surface area contributed by atoms with Crippen molar-refractivity contribution in [2.75, 3.05) is 26.4 Å².